The molecule has 0 saturated carbocycles. The fourth-order valence-corrected chi connectivity index (χ4v) is 3.65. The molecule has 0 radical (unpaired) electrons. The van der Waals surface area contributed by atoms with Gasteiger partial charge in [0.25, 0.3) is 10.0 Å². The second-order valence-electron chi connectivity index (χ2n) is 4.93. The second kappa shape index (κ2) is 7.35. The van der Waals surface area contributed by atoms with Gasteiger partial charge in [0, 0.05) is 17.5 Å². The van der Waals surface area contributed by atoms with Gasteiger partial charge < -0.3 is 5.32 Å². The molecule has 0 atom stereocenters. The van der Waals surface area contributed by atoms with E-state index < -0.39 is 10.0 Å². The normalized spacial score (nSPS) is 11.7. The summed E-state index contributed by atoms with van der Waals surface area (Å²) >= 11 is 6.77. The number of nitrogens with one attached hydrogen (secondary N) is 2. The van der Waals surface area contributed by atoms with E-state index in [1.54, 1.807) is 38.1 Å². The Labute approximate surface area is 143 Å². The number of hydrogen-bond donors (Lipinski definition) is 2. The van der Waals surface area contributed by atoms with Crippen molar-refractivity contribution in [3.8, 4) is 0 Å². The monoisotopic (exact) mass is 374 g/mol. The Bertz CT molecular complexity index is 805. The molecule has 2 aromatic rings. The van der Waals surface area contributed by atoms with E-state index >= 15 is 0 Å². The smallest absolute Gasteiger partial charge is 0.270 e. The van der Waals surface area contributed by atoms with Crippen LogP contribution in [0.3, 0.4) is 0 Å². The predicted octanol–water partition coefficient (Wildman–Crippen LogP) is 2.26. The first-order valence-corrected chi connectivity index (χ1v) is 9.35. The first-order valence-electron chi connectivity index (χ1n) is 6.67. The van der Waals surface area contributed by atoms with Gasteiger partial charge in [-0.3, -0.25) is 4.79 Å². The molecule has 2 N–H and O–H groups in total. The largest absolute Gasteiger partial charge is 0.300 e. The fourth-order valence-electron chi connectivity index (χ4n) is 1.49. The number of benzene rings is 1. The molecule has 1 aromatic heterocycles. The van der Waals surface area contributed by atoms with Gasteiger partial charge in [-0.2, -0.15) is 0 Å². The van der Waals surface area contributed by atoms with Gasteiger partial charge >= 0.3 is 0 Å². The SMILES string of the molecule is CC(C)C(=O)Nc1nnc(S(=O)(=O)NCc2ccccc2Cl)s1. The van der Waals surface area contributed by atoms with Gasteiger partial charge in [-0.1, -0.05) is 55.0 Å². The minimum atomic E-state index is -3.83. The highest BCUT2D eigenvalue weighted by molar-refractivity contribution is 7.91. The molecular weight excluding hydrogens is 360 g/mol. The van der Waals surface area contributed by atoms with E-state index in [-0.39, 0.29) is 27.8 Å². The summed E-state index contributed by atoms with van der Waals surface area (Å²) in [7, 11) is -3.83. The summed E-state index contributed by atoms with van der Waals surface area (Å²) in [6.45, 7) is 3.48. The zero-order valence-corrected chi connectivity index (χ0v) is 14.8. The lowest BCUT2D eigenvalue weighted by atomic mass is 10.2. The molecule has 2 rings (SSSR count). The minimum Gasteiger partial charge on any atom is -0.300 e. The molecule has 10 heteroatoms. The zero-order chi connectivity index (χ0) is 17.0. The Morgan fingerprint density at radius 2 is 2.00 bits per heavy atom. The highest BCUT2D eigenvalue weighted by Gasteiger charge is 2.21. The van der Waals surface area contributed by atoms with E-state index in [0.717, 1.165) is 11.3 Å². The Morgan fingerprint density at radius 3 is 2.65 bits per heavy atom. The van der Waals surface area contributed by atoms with Crippen molar-refractivity contribution < 1.29 is 13.2 Å². The van der Waals surface area contributed by atoms with Gasteiger partial charge in [-0.15, -0.1) is 10.2 Å². The molecular formula is C13H15ClN4O3S2. The number of rotatable bonds is 6. The lowest BCUT2D eigenvalue weighted by molar-refractivity contribution is -0.118. The summed E-state index contributed by atoms with van der Waals surface area (Å²) in [5.41, 5.74) is 0.649. The third kappa shape index (κ3) is 4.71. The van der Waals surface area contributed by atoms with Crippen molar-refractivity contribution in [2.24, 2.45) is 5.92 Å². The Balaban J connectivity index is 2.07. The van der Waals surface area contributed by atoms with Crippen LogP contribution in [0.25, 0.3) is 0 Å². The second-order valence-corrected chi connectivity index (χ2v) is 8.26. The van der Waals surface area contributed by atoms with Crippen LogP contribution in [-0.4, -0.2) is 24.5 Å². The number of sulfonamides is 1. The quantitative estimate of drug-likeness (QED) is 0.755. The Hall–Kier alpha value is -1.55. The number of hydrogen-bond acceptors (Lipinski definition) is 6. The number of aromatic nitrogens is 2. The molecule has 1 heterocycles. The maximum atomic E-state index is 12.2. The van der Waals surface area contributed by atoms with Crippen molar-refractivity contribution in [2.75, 3.05) is 5.32 Å². The summed E-state index contributed by atoms with van der Waals surface area (Å²) in [5, 5.41) is 10.4. The zero-order valence-electron chi connectivity index (χ0n) is 12.4. The van der Waals surface area contributed by atoms with Gasteiger partial charge in [0.1, 0.15) is 0 Å². The molecule has 1 aromatic carbocycles. The van der Waals surface area contributed by atoms with Crippen molar-refractivity contribution in [1.29, 1.82) is 0 Å². The standard InChI is InChI=1S/C13H15ClN4O3S2/c1-8(2)11(19)16-12-17-18-13(22-12)23(20,21)15-7-9-5-3-4-6-10(9)14/h3-6,8,15H,7H2,1-2H3,(H,16,17,19). The van der Waals surface area contributed by atoms with Crippen molar-refractivity contribution in [2.45, 2.75) is 24.7 Å². The van der Waals surface area contributed by atoms with Crippen LogP contribution in [-0.2, 0) is 21.4 Å². The van der Waals surface area contributed by atoms with Crippen LogP contribution < -0.4 is 10.0 Å². The first-order chi connectivity index (χ1) is 10.8. The Morgan fingerprint density at radius 1 is 1.30 bits per heavy atom. The highest BCUT2D eigenvalue weighted by atomic mass is 35.5. The van der Waals surface area contributed by atoms with Crippen molar-refractivity contribution in [3.63, 3.8) is 0 Å². The molecule has 1 amide bonds. The van der Waals surface area contributed by atoms with Crippen LogP contribution in [0.1, 0.15) is 19.4 Å². The Kier molecular flexibility index (Phi) is 5.69. The number of halogens is 1. The van der Waals surface area contributed by atoms with Crippen molar-refractivity contribution in [3.05, 3.63) is 34.9 Å². The van der Waals surface area contributed by atoms with Gasteiger partial charge in [-0.05, 0) is 11.6 Å². The third-order valence-corrected chi connectivity index (χ3v) is 5.78. The van der Waals surface area contributed by atoms with Crippen LogP contribution in [0.5, 0.6) is 0 Å². The van der Waals surface area contributed by atoms with Crippen molar-refractivity contribution in [1.82, 2.24) is 14.9 Å². The van der Waals surface area contributed by atoms with Crippen LogP contribution >= 0.6 is 22.9 Å². The van der Waals surface area contributed by atoms with Gasteiger partial charge in [0.2, 0.25) is 15.4 Å². The number of carbonyl (C=O) groups excluding carboxylic acids is 1. The molecule has 0 unspecified atom stereocenters. The predicted molar refractivity (Wildman–Crippen MR) is 88.9 cm³/mol. The first kappa shape index (κ1) is 17.8. The molecule has 0 aliphatic carbocycles. The maximum absolute atomic E-state index is 12.2. The third-order valence-electron chi connectivity index (χ3n) is 2.80. The highest BCUT2D eigenvalue weighted by Crippen LogP contribution is 2.21. The van der Waals surface area contributed by atoms with E-state index in [0.29, 0.717) is 10.6 Å². The number of nitrogens with zero attached hydrogens (tertiary/aromatic N) is 2. The van der Waals surface area contributed by atoms with Crippen molar-refractivity contribution >= 4 is 44.0 Å². The lowest BCUT2D eigenvalue weighted by Crippen LogP contribution is -2.23. The van der Waals surface area contributed by atoms with E-state index in [2.05, 4.69) is 20.2 Å². The van der Waals surface area contributed by atoms with Crippen LogP contribution in [0, 0.1) is 5.92 Å². The van der Waals surface area contributed by atoms with Crippen LogP contribution in [0.15, 0.2) is 28.6 Å². The average Bonchev–Trinajstić information content (AvgIpc) is 2.95. The topological polar surface area (TPSA) is 101 Å². The summed E-state index contributed by atoms with van der Waals surface area (Å²) in [6, 6.07) is 6.92. The number of carbonyl (C=O) groups is 1. The van der Waals surface area contributed by atoms with Crippen LogP contribution in [0.4, 0.5) is 5.13 Å². The van der Waals surface area contributed by atoms with Crippen LogP contribution in [0.2, 0.25) is 5.02 Å². The van der Waals surface area contributed by atoms with E-state index in [9.17, 15) is 13.2 Å². The average molecular weight is 375 g/mol. The summed E-state index contributed by atoms with van der Waals surface area (Å²) < 4.78 is 26.6. The van der Waals surface area contributed by atoms with E-state index in [1.807, 2.05) is 0 Å². The van der Waals surface area contributed by atoms with Gasteiger partial charge in [0.05, 0.1) is 0 Å². The summed E-state index contributed by atoms with van der Waals surface area (Å²) in [5.74, 6) is -0.494. The molecule has 0 saturated heterocycles. The summed E-state index contributed by atoms with van der Waals surface area (Å²) in [6.07, 6.45) is 0. The van der Waals surface area contributed by atoms with E-state index in [1.165, 1.54) is 0 Å². The minimum absolute atomic E-state index is 0.0370. The molecule has 0 fully saturated rings. The molecule has 0 aliphatic rings. The maximum Gasteiger partial charge on any atom is 0.270 e. The molecule has 7 nitrogen and oxygen atoms in total. The van der Waals surface area contributed by atoms with E-state index in [4.69, 9.17) is 11.6 Å². The molecule has 23 heavy (non-hydrogen) atoms. The molecule has 0 spiro atoms. The molecule has 124 valence electrons. The lowest BCUT2D eigenvalue weighted by Gasteiger charge is -2.05. The number of amides is 1. The van der Waals surface area contributed by atoms with Gasteiger partial charge in [0.15, 0.2) is 0 Å². The fraction of sp³-hybridized carbons (Fsp3) is 0.308. The summed E-state index contributed by atoms with van der Waals surface area (Å²) in [4.78, 5) is 11.6. The molecule has 0 aliphatic heterocycles. The molecule has 0 bridgehead atoms. The number of anilines is 1. The van der Waals surface area contributed by atoms with Gasteiger partial charge in [-0.25, -0.2) is 13.1 Å².